The lowest BCUT2D eigenvalue weighted by atomic mass is 9.93. The average Bonchev–Trinajstić information content (AvgIpc) is 2.22. The normalized spacial score (nSPS) is 14.1. The molecule has 1 N–H and O–H groups in total. The van der Waals surface area contributed by atoms with Crippen LogP contribution in [-0.2, 0) is 14.3 Å². The van der Waals surface area contributed by atoms with Gasteiger partial charge in [0, 0.05) is 0 Å². The lowest BCUT2D eigenvalue weighted by Crippen LogP contribution is -2.42. The van der Waals surface area contributed by atoms with Crippen molar-refractivity contribution in [2.24, 2.45) is 5.41 Å². The molecule has 0 radical (unpaired) electrons. The number of nitriles is 1. The van der Waals surface area contributed by atoms with Gasteiger partial charge in [0.15, 0.2) is 5.41 Å². The maximum atomic E-state index is 11.3. The number of methoxy groups -OCH3 is 1. The Labute approximate surface area is 101 Å². The number of nitrogens with zero attached hydrogens (tertiary/aromatic N) is 1. The third-order valence-corrected chi connectivity index (χ3v) is 1.87. The highest BCUT2D eigenvalue weighted by molar-refractivity contribution is 5.80. The minimum Gasteiger partial charge on any atom is -0.468 e. The zero-order valence-electron chi connectivity index (χ0n) is 10.8. The second-order valence-corrected chi connectivity index (χ2v) is 4.79. The number of alkyl carbamates (subject to hydrolysis) is 1. The Bertz CT molecular complexity index is 340. The number of ether oxygens (including phenoxy) is 2. The summed E-state index contributed by atoms with van der Waals surface area (Å²) in [5.74, 6) is -0.698. The predicted octanol–water partition coefficient (Wildman–Crippen LogP) is 1.21. The first kappa shape index (κ1) is 15.2. The number of rotatable bonds is 3. The summed E-state index contributed by atoms with van der Waals surface area (Å²) in [6, 6.07) is 1.80. The van der Waals surface area contributed by atoms with Crippen LogP contribution < -0.4 is 5.32 Å². The van der Waals surface area contributed by atoms with Gasteiger partial charge >= 0.3 is 12.1 Å². The van der Waals surface area contributed by atoms with Crippen LogP contribution >= 0.6 is 0 Å². The van der Waals surface area contributed by atoms with Crippen molar-refractivity contribution < 1.29 is 19.1 Å². The molecule has 0 aliphatic rings. The van der Waals surface area contributed by atoms with E-state index >= 15 is 0 Å². The Morgan fingerprint density at radius 2 is 1.82 bits per heavy atom. The first-order valence-electron chi connectivity index (χ1n) is 5.11. The number of hydrogen-bond acceptors (Lipinski definition) is 5. The largest absolute Gasteiger partial charge is 0.468 e. The van der Waals surface area contributed by atoms with E-state index in [2.05, 4.69) is 10.1 Å². The van der Waals surface area contributed by atoms with Crippen molar-refractivity contribution in [1.29, 1.82) is 5.26 Å². The molecule has 0 aromatic rings. The van der Waals surface area contributed by atoms with Gasteiger partial charge < -0.3 is 14.8 Å². The van der Waals surface area contributed by atoms with Gasteiger partial charge in [0.2, 0.25) is 0 Å². The lowest BCUT2D eigenvalue weighted by Gasteiger charge is -2.22. The molecular formula is C11H18N2O4. The van der Waals surface area contributed by atoms with Crippen LogP contribution in [0.5, 0.6) is 0 Å². The smallest absolute Gasteiger partial charge is 0.407 e. The van der Waals surface area contributed by atoms with Crippen LogP contribution in [-0.4, -0.2) is 31.3 Å². The molecule has 6 nitrogen and oxygen atoms in total. The molecule has 0 rings (SSSR count). The zero-order chi connectivity index (χ0) is 13.7. The minimum atomic E-state index is -1.41. The third kappa shape index (κ3) is 5.20. The summed E-state index contributed by atoms with van der Waals surface area (Å²) in [6.45, 7) is 6.38. The highest BCUT2D eigenvalue weighted by Gasteiger charge is 2.35. The van der Waals surface area contributed by atoms with Gasteiger partial charge in [-0.15, -0.1) is 0 Å². The van der Waals surface area contributed by atoms with Gasteiger partial charge in [-0.1, -0.05) is 0 Å². The quantitative estimate of drug-likeness (QED) is 0.751. The van der Waals surface area contributed by atoms with Crippen molar-refractivity contribution in [1.82, 2.24) is 5.32 Å². The SMILES string of the molecule is COC(=O)C(C)(C#N)CNC(=O)OC(C)(C)C. The number of carbonyl (C=O) groups excluding carboxylic acids is 2. The molecular weight excluding hydrogens is 224 g/mol. The number of nitrogens with one attached hydrogen (secondary N) is 1. The van der Waals surface area contributed by atoms with Crippen molar-refractivity contribution in [3.63, 3.8) is 0 Å². The maximum Gasteiger partial charge on any atom is 0.407 e. The molecule has 96 valence electrons. The van der Waals surface area contributed by atoms with E-state index in [1.165, 1.54) is 14.0 Å². The molecule has 0 spiro atoms. The van der Waals surface area contributed by atoms with Gasteiger partial charge in [0.1, 0.15) is 5.60 Å². The molecule has 0 fully saturated rings. The van der Waals surface area contributed by atoms with E-state index < -0.39 is 23.1 Å². The number of hydrogen-bond donors (Lipinski definition) is 1. The molecule has 0 saturated carbocycles. The summed E-state index contributed by atoms with van der Waals surface area (Å²) in [7, 11) is 1.19. The fraction of sp³-hybridized carbons (Fsp3) is 0.727. The van der Waals surface area contributed by atoms with Crippen LogP contribution in [0.1, 0.15) is 27.7 Å². The fourth-order valence-corrected chi connectivity index (χ4v) is 0.946. The number of amides is 1. The van der Waals surface area contributed by atoms with E-state index in [0.29, 0.717) is 0 Å². The molecule has 0 saturated heterocycles. The first-order valence-corrected chi connectivity index (χ1v) is 5.11. The van der Waals surface area contributed by atoms with Crippen molar-refractivity contribution in [3.05, 3.63) is 0 Å². The van der Waals surface area contributed by atoms with Gasteiger partial charge in [-0.2, -0.15) is 5.26 Å². The predicted molar refractivity (Wildman–Crippen MR) is 60.0 cm³/mol. The Morgan fingerprint density at radius 1 is 1.29 bits per heavy atom. The third-order valence-electron chi connectivity index (χ3n) is 1.87. The highest BCUT2D eigenvalue weighted by atomic mass is 16.6. The van der Waals surface area contributed by atoms with E-state index in [-0.39, 0.29) is 6.54 Å². The monoisotopic (exact) mass is 242 g/mol. The topological polar surface area (TPSA) is 88.4 Å². The number of esters is 1. The van der Waals surface area contributed by atoms with Crippen molar-refractivity contribution in [2.75, 3.05) is 13.7 Å². The Kier molecular flexibility index (Phi) is 4.95. The molecule has 6 heteroatoms. The molecule has 0 aliphatic heterocycles. The molecule has 0 aromatic heterocycles. The Hall–Kier alpha value is -1.77. The Balaban J connectivity index is 4.41. The van der Waals surface area contributed by atoms with Crippen LogP contribution in [0.25, 0.3) is 0 Å². The van der Waals surface area contributed by atoms with Gasteiger partial charge in [-0.25, -0.2) is 4.79 Å². The number of carbonyl (C=O) groups is 2. The molecule has 0 heterocycles. The summed E-state index contributed by atoms with van der Waals surface area (Å²) in [5.41, 5.74) is -2.04. The molecule has 1 amide bonds. The molecule has 1 unspecified atom stereocenters. The Morgan fingerprint density at radius 3 is 2.18 bits per heavy atom. The molecule has 17 heavy (non-hydrogen) atoms. The van der Waals surface area contributed by atoms with E-state index in [0.717, 1.165) is 0 Å². The zero-order valence-corrected chi connectivity index (χ0v) is 10.8. The second kappa shape index (κ2) is 5.53. The molecule has 1 atom stereocenters. The summed E-state index contributed by atoms with van der Waals surface area (Å²) in [5, 5.41) is 11.3. The van der Waals surface area contributed by atoms with Gasteiger partial charge in [-0.05, 0) is 27.7 Å². The van der Waals surface area contributed by atoms with E-state index in [9.17, 15) is 9.59 Å². The second-order valence-electron chi connectivity index (χ2n) is 4.79. The van der Waals surface area contributed by atoms with Crippen molar-refractivity contribution >= 4 is 12.1 Å². The minimum absolute atomic E-state index is 0.162. The first-order chi connectivity index (χ1) is 7.64. The van der Waals surface area contributed by atoms with Gasteiger partial charge in [0.05, 0.1) is 19.7 Å². The summed E-state index contributed by atoms with van der Waals surface area (Å²) >= 11 is 0. The van der Waals surface area contributed by atoms with Crippen LogP contribution in [0.3, 0.4) is 0 Å². The molecule has 0 bridgehead atoms. The van der Waals surface area contributed by atoms with Gasteiger partial charge in [0.25, 0.3) is 0 Å². The van der Waals surface area contributed by atoms with Crippen LogP contribution in [0.2, 0.25) is 0 Å². The summed E-state index contributed by atoms with van der Waals surface area (Å²) < 4.78 is 9.47. The van der Waals surface area contributed by atoms with Crippen LogP contribution in [0, 0.1) is 16.7 Å². The lowest BCUT2D eigenvalue weighted by molar-refractivity contribution is -0.148. The highest BCUT2D eigenvalue weighted by Crippen LogP contribution is 2.16. The fourth-order valence-electron chi connectivity index (χ4n) is 0.946. The molecule has 0 aliphatic carbocycles. The van der Waals surface area contributed by atoms with E-state index in [1.54, 1.807) is 26.8 Å². The standard InChI is InChI=1S/C11H18N2O4/c1-10(2,3)17-9(15)13-7-11(4,6-12)8(14)16-5/h7H2,1-5H3,(H,13,15). The van der Waals surface area contributed by atoms with Gasteiger partial charge in [-0.3, -0.25) is 4.79 Å². The van der Waals surface area contributed by atoms with Crippen LogP contribution in [0.4, 0.5) is 4.79 Å². The molecule has 0 aromatic carbocycles. The maximum absolute atomic E-state index is 11.3. The average molecular weight is 242 g/mol. The van der Waals surface area contributed by atoms with E-state index in [4.69, 9.17) is 10.00 Å². The summed E-state index contributed by atoms with van der Waals surface area (Å²) in [4.78, 5) is 22.7. The van der Waals surface area contributed by atoms with Crippen molar-refractivity contribution in [2.45, 2.75) is 33.3 Å². The van der Waals surface area contributed by atoms with Crippen LogP contribution in [0.15, 0.2) is 0 Å². The van der Waals surface area contributed by atoms with E-state index in [1.807, 2.05) is 0 Å². The van der Waals surface area contributed by atoms with Crippen molar-refractivity contribution in [3.8, 4) is 6.07 Å². The summed E-state index contributed by atoms with van der Waals surface area (Å²) in [6.07, 6.45) is -0.678.